The van der Waals surface area contributed by atoms with E-state index in [4.69, 9.17) is 17.0 Å². The van der Waals surface area contributed by atoms with Gasteiger partial charge in [-0.3, -0.25) is 9.58 Å². The van der Waals surface area contributed by atoms with Crippen molar-refractivity contribution < 1.29 is 9.53 Å². The number of methoxy groups -OCH3 is 1. The highest BCUT2D eigenvalue weighted by atomic mass is 32.1. The van der Waals surface area contributed by atoms with Gasteiger partial charge in [0.25, 0.3) is 0 Å². The maximum Gasteiger partial charge on any atom is 0.341 e. The number of thiophene rings is 1. The van der Waals surface area contributed by atoms with E-state index >= 15 is 0 Å². The molecule has 1 saturated heterocycles. The van der Waals surface area contributed by atoms with Gasteiger partial charge in [0, 0.05) is 55.9 Å². The summed E-state index contributed by atoms with van der Waals surface area (Å²) in [5.74, 6) is -0.263. The van der Waals surface area contributed by atoms with Gasteiger partial charge >= 0.3 is 5.97 Å². The number of rotatable bonds is 4. The van der Waals surface area contributed by atoms with Crippen molar-refractivity contribution in [2.24, 2.45) is 7.05 Å². The molecular formula is C22H31N5O2S2. The number of ether oxygens (including phenoxy) is 1. The van der Waals surface area contributed by atoms with Gasteiger partial charge in [0.05, 0.1) is 18.9 Å². The molecule has 4 rings (SSSR count). The second-order valence-electron chi connectivity index (χ2n) is 8.33. The number of nitrogens with zero attached hydrogens (tertiary/aromatic N) is 4. The predicted molar refractivity (Wildman–Crippen MR) is 128 cm³/mol. The van der Waals surface area contributed by atoms with Gasteiger partial charge in [-0.1, -0.05) is 6.42 Å². The van der Waals surface area contributed by atoms with Crippen molar-refractivity contribution in [2.75, 3.05) is 38.6 Å². The first-order valence-corrected chi connectivity index (χ1v) is 12.2. The molecule has 0 unspecified atom stereocenters. The summed E-state index contributed by atoms with van der Waals surface area (Å²) < 4.78 is 7.03. The highest BCUT2D eigenvalue weighted by Crippen LogP contribution is 2.38. The summed E-state index contributed by atoms with van der Waals surface area (Å²) in [5, 5.41) is 9.28. The van der Waals surface area contributed by atoms with Gasteiger partial charge in [0.15, 0.2) is 5.11 Å². The van der Waals surface area contributed by atoms with Crippen molar-refractivity contribution in [1.29, 1.82) is 0 Å². The summed E-state index contributed by atoms with van der Waals surface area (Å²) in [5.41, 5.74) is 4.35. The maximum absolute atomic E-state index is 12.6. The monoisotopic (exact) mass is 461 g/mol. The molecule has 0 aromatic carbocycles. The van der Waals surface area contributed by atoms with Crippen molar-refractivity contribution in [3.8, 4) is 0 Å². The molecule has 7 nitrogen and oxygen atoms in total. The van der Waals surface area contributed by atoms with Gasteiger partial charge in [-0.2, -0.15) is 5.10 Å². The van der Waals surface area contributed by atoms with Gasteiger partial charge < -0.3 is 15.0 Å². The lowest BCUT2D eigenvalue weighted by atomic mass is 10.1. The molecule has 2 aromatic heterocycles. The van der Waals surface area contributed by atoms with E-state index < -0.39 is 0 Å². The maximum atomic E-state index is 12.6. The molecule has 0 saturated carbocycles. The molecule has 31 heavy (non-hydrogen) atoms. The summed E-state index contributed by atoms with van der Waals surface area (Å²) in [6, 6.07) is 0. The van der Waals surface area contributed by atoms with Crippen LogP contribution < -0.4 is 5.32 Å². The van der Waals surface area contributed by atoms with E-state index in [1.807, 2.05) is 17.9 Å². The minimum atomic E-state index is -0.263. The number of nitrogens with one attached hydrogen (secondary N) is 1. The van der Waals surface area contributed by atoms with E-state index in [9.17, 15) is 4.79 Å². The highest BCUT2D eigenvalue weighted by Gasteiger charge is 2.27. The topological polar surface area (TPSA) is 62.6 Å². The van der Waals surface area contributed by atoms with E-state index in [2.05, 4.69) is 27.1 Å². The number of thiocarbonyl (C=S) groups is 1. The number of hydrogen-bond donors (Lipinski definition) is 1. The second kappa shape index (κ2) is 9.67. The zero-order valence-corrected chi connectivity index (χ0v) is 20.2. The van der Waals surface area contributed by atoms with Crippen LogP contribution in [0.15, 0.2) is 6.20 Å². The molecule has 0 atom stereocenters. The third-order valence-electron chi connectivity index (χ3n) is 6.42. The number of anilines is 1. The first-order chi connectivity index (χ1) is 15.0. The van der Waals surface area contributed by atoms with Crippen LogP contribution in [0.25, 0.3) is 0 Å². The molecule has 0 radical (unpaired) electrons. The van der Waals surface area contributed by atoms with Gasteiger partial charge in [0.2, 0.25) is 0 Å². The number of fused-ring (bicyclic) bond motifs is 1. The average Bonchev–Trinajstić information content (AvgIpc) is 3.17. The number of carbonyl (C=O) groups is 1. The molecule has 1 aliphatic heterocycles. The Hall–Kier alpha value is -1.97. The molecule has 9 heteroatoms. The van der Waals surface area contributed by atoms with Gasteiger partial charge in [-0.15, -0.1) is 11.3 Å². The van der Waals surface area contributed by atoms with E-state index in [1.165, 1.54) is 36.1 Å². The minimum absolute atomic E-state index is 0.263. The fourth-order valence-electron chi connectivity index (χ4n) is 4.37. The van der Waals surface area contributed by atoms with E-state index in [1.54, 1.807) is 11.3 Å². The fraction of sp³-hybridized carbons (Fsp3) is 0.591. The first kappa shape index (κ1) is 22.2. The van der Waals surface area contributed by atoms with E-state index in [0.717, 1.165) is 62.6 Å². The Morgan fingerprint density at radius 2 is 1.97 bits per heavy atom. The van der Waals surface area contributed by atoms with Crippen molar-refractivity contribution in [3.05, 3.63) is 33.5 Å². The molecule has 0 bridgehead atoms. The number of hydrogen-bond acceptors (Lipinski definition) is 6. The molecule has 1 aliphatic carbocycles. The van der Waals surface area contributed by atoms with Crippen LogP contribution >= 0.6 is 23.6 Å². The summed E-state index contributed by atoms with van der Waals surface area (Å²) in [7, 11) is 3.43. The van der Waals surface area contributed by atoms with Crippen LogP contribution in [0.2, 0.25) is 0 Å². The Morgan fingerprint density at radius 3 is 2.65 bits per heavy atom. The smallest absolute Gasteiger partial charge is 0.341 e. The van der Waals surface area contributed by atoms with Crippen LogP contribution in [0.1, 0.15) is 51.3 Å². The number of piperazine rings is 1. The van der Waals surface area contributed by atoms with Gasteiger partial charge in [0.1, 0.15) is 5.00 Å². The minimum Gasteiger partial charge on any atom is -0.465 e. The molecule has 1 N–H and O–H groups in total. The molecular weight excluding hydrogens is 430 g/mol. The number of carbonyl (C=O) groups excluding carboxylic acids is 1. The molecule has 0 spiro atoms. The van der Waals surface area contributed by atoms with E-state index in [-0.39, 0.29) is 5.97 Å². The summed E-state index contributed by atoms with van der Waals surface area (Å²) >= 11 is 7.41. The molecule has 3 heterocycles. The Labute approximate surface area is 193 Å². The zero-order valence-electron chi connectivity index (χ0n) is 18.6. The third kappa shape index (κ3) is 4.78. The van der Waals surface area contributed by atoms with Crippen LogP contribution in [-0.2, 0) is 31.2 Å². The first-order valence-electron chi connectivity index (χ1n) is 11.0. The summed E-state index contributed by atoms with van der Waals surface area (Å²) in [4.78, 5) is 18.5. The van der Waals surface area contributed by atoms with Crippen molar-refractivity contribution in [3.63, 3.8) is 0 Å². The van der Waals surface area contributed by atoms with Crippen molar-refractivity contribution in [2.45, 2.75) is 45.6 Å². The summed E-state index contributed by atoms with van der Waals surface area (Å²) in [6.45, 7) is 6.65. The van der Waals surface area contributed by atoms with Crippen molar-refractivity contribution >= 4 is 39.6 Å². The predicted octanol–water partition coefficient (Wildman–Crippen LogP) is 3.36. The zero-order chi connectivity index (χ0) is 22.0. The van der Waals surface area contributed by atoms with Crippen LogP contribution in [0, 0.1) is 6.92 Å². The van der Waals surface area contributed by atoms with Gasteiger partial charge in [-0.25, -0.2) is 4.79 Å². The normalized spacial score (nSPS) is 17.2. The third-order valence-corrected chi connectivity index (χ3v) is 7.99. The van der Waals surface area contributed by atoms with Crippen LogP contribution in [0.5, 0.6) is 0 Å². The van der Waals surface area contributed by atoms with Crippen LogP contribution in [0.3, 0.4) is 0 Å². The lowest BCUT2D eigenvalue weighted by Gasteiger charge is -2.36. The molecule has 2 aliphatic rings. The Balaban J connectivity index is 1.40. The largest absolute Gasteiger partial charge is 0.465 e. The fourth-order valence-corrected chi connectivity index (χ4v) is 6.00. The lowest BCUT2D eigenvalue weighted by Crippen LogP contribution is -2.49. The van der Waals surface area contributed by atoms with E-state index in [0.29, 0.717) is 10.7 Å². The standard InChI is InChI=1S/C22H31N5O2S2/c1-15-16(13-23-25(15)2)14-26-9-11-27(12-10-26)22(30)24-20-19(21(28)29-3)17-7-5-4-6-8-18(17)31-20/h13H,4-12,14H2,1-3H3,(H,24,30). The van der Waals surface area contributed by atoms with Crippen molar-refractivity contribution in [1.82, 2.24) is 19.6 Å². The summed E-state index contributed by atoms with van der Waals surface area (Å²) in [6.07, 6.45) is 7.45. The average molecular weight is 462 g/mol. The molecule has 168 valence electrons. The molecule has 2 aromatic rings. The lowest BCUT2D eigenvalue weighted by molar-refractivity contribution is 0.0601. The second-order valence-corrected chi connectivity index (χ2v) is 9.82. The molecule has 1 fully saturated rings. The number of esters is 1. The van der Waals surface area contributed by atoms with Crippen LogP contribution in [-0.4, -0.2) is 64.0 Å². The van der Waals surface area contributed by atoms with Gasteiger partial charge in [-0.05, 0) is 50.4 Å². The quantitative estimate of drug-likeness (QED) is 0.426. The number of aryl methyl sites for hydroxylation is 2. The number of aromatic nitrogens is 2. The SMILES string of the molecule is COC(=O)c1c(NC(=S)N2CCN(Cc3cnn(C)c3C)CC2)sc2c1CCCCC2. The van der Waals surface area contributed by atoms with Crippen LogP contribution in [0.4, 0.5) is 5.00 Å². The highest BCUT2D eigenvalue weighted by molar-refractivity contribution is 7.80. The Morgan fingerprint density at radius 1 is 1.23 bits per heavy atom. The Bertz CT molecular complexity index is 960. The Kier molecular flexibility index (Phi) is 6.93. The molecule has 0 amide bonds.